The minimum atomic E-state index is -0.00407. The van der Waals surface area contributed by atoms with Gasteiger partial charge in [0.1, 0.15) is 0 Å². The monoisotopic (exact) mass is 182 g/mol. The quantitative estimate of drug-likeness (QED) is 0.761. The Hall–Kier alpha value is -1.03. The molecular weight excluding hydrogens is 168 g/mol. The van der Waals surface area contributed by atoms with Gasteiger partial charge in [0.25, 0.3) is 0 Å². The highest BCUT2D eigenvalue weighted by Gasteiger charge is 2.24. The van der Waals surface area contributed by atoms with E-state index in [0.717, 1.165) is 5.56 Å². The molecule has 0 aromatic carbocycles. The zero-order chi connectivity index (χ0) is 9.26. The Morgan fingerprint density at radius 1 is 1.69 bits per heavy atom. The van der Waals surface area contributed by atoms with Crippen molar-refractivity contribution in [3.63, 3.8) is 0 Å². The third-order valence-electron chi connectivity index (χ3n) is 2.61. The van der Waals surface area contributed by atoms with Crippen LogP contribution < -0.4 is 4.74 Å². The molecule has 1 aliphatic carbocycles. The number of ether oxygens (including phenoxy) is 1. The van der Waals surface area contributed by atoms with Crippen LogP contribution in [-0.2, 0) is 6.61 Å². The van der Waals surface area contributed by atoms with Crippen LogP contribution >= 0.6 is 0 Å². The van der Waals surface area contributed by atoms with Crippen molar-refractivity contribution in [2.24, 2.45) is 0 Å². The summed E-state index contributed by atoms with van der Waals surface area (Å²) in [5.41, 5.74) is 0.773. The average molecular weight is 182 g/mol. The van der Waals surface area contributed by atoms with Gasteiger partial charge >= 0.3 is 0 Å². The summed E-state index contributed by atoms with van der Waals surface area (Å²) in [6, 6.07) is 0.482. The lowest BCUT2D eigenvalue weighted by Crippen LogP contribution is -2.18. The van der Waals surface area contributed by atoms with Crippen molar-refractivity contribution >= 4 is 0 Å². The van der Waals surface area contributed by atoms with E-state index in [1.165, 1.54) is 19.3 Å². The number of aliphatic hydroxyl groups excluding tert-OH is 1. The van der Waals surface area contributed by atoms with E-state index in [9.17, 15) is 0 Å². The van der Waals surface area contributed by atoms with Gasteiger partial charge in [-0.1, -0.05) is 0 Å². The van der Waals surface area contributed by atoms with Crippen LogP contribution in [0.25, 0.3) is 0 Å². The summed E-state index contributed by atoms with van der Waals surface area (Å²) in [4.78, 5) is 0. The first-order valence-electron chi connectivity index (χ1n) is 4.58. The van der Waals surface area contributed by atoms with Crippen molar-refractivity contribution in [1.29, 1.82) is 0 Å². The van der Waals surface area contributed by atoms with Gasteiger partial charge in [-0.2, -0.15) is 5.10 Å². The molecule has 4 heteroatoms. The summed E-state index contributed by atoms with van der Waals surface area (Å²) >= 11 is 0. The van der Waals surface area contributed by atoms with E-state index in [1.807, 2.05) is 4.68 Å². The van der Waals surface area contributed by atoms with Crippen LogP contribution in [0.4, 0.5) is 0 Å². The van der Waals surface area contributed by atoms with Gasteiger partial charge in [-0.3, -0.25) is 0 Å². The van der Waals surface area contributed by atoms with Gasteiger partial charge in [-0.15, -0.1) is 0 Å². The maximum Gasteiger partial charge on any atom is 0.217 e. The Balaban J connectivity index is 2.28. The summed E-state index contributed by atoms with van der Waals surface area (Å²) in [7, 11) is 1.62. The highest BCUT2D eigenvalue weighted by Crippen LogP contribution is 2.35. The topological polar surface area (TPSA) is 47.3 Å². The van der Waals surface area contributed by atoms with E-state index < -0.39 is 0 Å². The van der Waals surface area contributed by atoms with E-state index >= 15 is 0 Å². The molecule has 4 nitrogen and oxygen atoms in total. The number of hydrogen-bond donors (Lipinski definition) is 1. The number of aromatic nitrogens is 2. The third kappa shape index (κ3) is 1.31. The SMILES string of the molecule is COc1c(CO)cnn1C1CCC1. The lowest BCUT2D eigenvalue weighted by atomic mass is 9.93. The molecule has 2 rings (SSSR count). The smallest absolute Gasteiger partial charge is 0.217 e. The van der Waals surface area contributed by atoms with Crippen molar-refractivity contribution in [2.45, 2.75) is 31.9 Å². The molecule has 1 fully saturated rings. The molecule has 0 amide bonds. The molecule has 1 N–H and O–H groups in total. The molecule has 0 atom stereocenters. The van der Waals surface area contributed by atoms with Gasteiger partial charge in [0.2, 0.25) is 5.88 Å². The van der Waals surface area contributed by atoms with Crippen molar-refractivity contribution in [3.8, 4) is 5.88 Å². The first-order valence-corrected chi connectivity index (χ1v) is 4.58. The molecule has 1 aliphatic rings. The normalized spacial score (nSPS) is 17.1. The van der Waals surface area contributed by atoms with E-state index in [-0.39, 0.29) is 6.61 Å². The molecule has 0 aliphatic heterocycles. The van der Waals surface area contributed by atoms with Crippen molar-refractivity contribution in [3.05, 3.63) is 11.8 Å². The molecule has 0 saturated heterocycles. The highest BCUT2D eigenvalue weighted by atomic mass is 16.5. The van der Waals surface area contributed by atoms with Crippen LogP contribution in [0.1, 0.15) is 30.9 Å². The summed E-state index contributed by atoms with van der Waals surface area (Å²) in [6.45, 7) is -0.00407. The molecular formula is C9H14N2O2. The second-order valence-electron chi connectivity index (χ2n) is 3.37. The molecule has 1 aromatic rings. The van der Waals surface area contributed by atoms with Crippen LogP contribution in [0, 0.1) is 0 Å². The predicted molar refractivity (Wildman–Crippen MR) is 47.6 cm³/mol. The van der Waals surface area contributed by atoms with E-state index in [4.69, 9.17) is 9.84 Å². The highest BCUT2D eigenvalue weighted by molar-refractivity contribution is 5.24. The summed E-state index contributed by atoms with van der Waals surface area (Å²) < 4.78 is 7.09. The first-order chi connectivity index (χ1) is 6.36. The van der Waals surface area contributed by atoms with Gasteiger partial charge < -0.3 is 9.84 Å². The lowest BCUT2D eigenvalue weighted by molar-refractivity contribution is 0.239. The zero-order valence-electron chi connectivity index (χ0n) is 7.73. The van der Waals surface area contributed by atoms with Gasteiger partial charge in [-0.25, -0.2) is 4.68 Å². The number of aliphatic hydroxyl groups is 1. The van der Waals surface area contributed by atoms with E-state index in [0.29, 0.717) is 11.9 Å². The van der Waals surface area contributed by atoms with Crippen LogP contribution in [0.15, 0.2) is 6.20 Å². The average Bonchev–Trinajstić information content (AvgIpc) is 2.44. The molecule has 0 radical (unpaired) electrons. The minimum absolute atomic E-state index is 0.00407. The van der Waals surface area contributed by atoms with Crippen LogP contribution in [-0.4, -0.2) is 22.0 Å². The molecule has 0 spiro atoms. The number of hydrogen-bond acceptors (Lipinski definition) is 3. The number of methoxy groups -OCH3 is 1. The molecule has 0 bridgehead atoms. The van der Waals surface area contributed by atoms with Gasteiger partial charge in [0.05, 0.1) is 31.5 Å². The summed E-state index contributed by atoms with van der Waals surface area (Å²) in [5.74, 6) is 0.715. The Kier molecular flexibility index (Phi) is 2.22. The first kappa shape index (κ1) is 8.56. The molecule has 1 saturated carbocycles. The Morgan fingerprint density at radius 3 is 2.92 bits per heavy atom. The second kappa shape index (κ2) is 3.38. The van der Waals surface area contributed by atoms with Crippen LogP contribution in [0.5, 0.6) is 5.88 Å². The molecule has 13 heavy (non-hydrogen) atoms. The van der Waals surface area contributed by atoms with E-state index in [2.05, 4.69) is 5.10 Å². The van der Waals surface area contributed by atoms with Crippen LogP contribution in [0.2, 0.25) is 0 Å². The van der Waals surface area contributed by atoms with Crippen molar-refractivity contribution < 1.29 is 9.84 Å². The van der Waals surface area contributed by atoms with Gasteiger partial charge in [0.15, 0.2) is 0 Å². The summed E-state index contributed by atoms with van der Waals surface area (Å²) in [6.07, 6.45) is 5.28. The molecule has 0 unspecified atom stereocenters. The number of rotatable bonds is 3. The van der Waals surface area contributed by atoms with E-state index in [1.54, 1.807) is 13.3 Å². The molecule has 72 valence electrons. The predicted octanol–water partition coefficient (Wildman–Crippen LogP) is 1.11. The maximum atomic E-state index is 9.00. The zero-order valence-corrected chi connectivity index (χ0v) is 7.73. The fourth-order valence-corrected chi connectivity index (χ4v) is 1.61. The third-order valence-corrected chi connectivity index (χ3v) is 2.61. The van der Waals surface area contributed by atoms with Gasteiger partial charge in [0, 0.05) is 0 Å². The second-order valence-corrected chi connectivity index (χ2v) is 3.37. The van der Waals surface area contributed by atoms with Crippen LogP contribution in [0.3, 0.4) is 0 Å². The molecule has 1 aromatic heterocycles. The fourth-order valence-electron chi connectivity index (χ4n) is 1.61. The summed E-state index contributed by atoms with van der Waals surface area (Å²) in [5, 5.41) is 13.2. The van der Waals surface area contributed by atoms with Crippen molar-refractivity contribution in [1.82, 2.24) is 9.78 Å². The Morgan fingerprint density at radius 2 is 2.46 bits per heavy atom. The maximum absolute atomic E-state index is 9.00. The van der Waals surface area contributed by atoms with Crippen molar-refractivity contribution in [2.75, 3.05) is 7.11 Å². The standard InChI is InChI=1S/C9H14N2O2/c1-13-9-7(6-12)5-10-11(9)8-3-2-4-8/h5,8,12H,2-4,6H2,1H3. The Bertz CT molecular complexity index is 292. The minimum Gasteiger partial charge on any atom is -0.481 e. The largest absolute Gasteiger partial charge is 0.481 e. The number of nitrogens with zero attached hydrogens (tertiary/aromatic N) is 2. The van der Waals surface area contributed by atoms with Gasteiger partial charge in [-0.05, 0) is 19.3 Å². The lowest BCUT2D eigenvalue weighted by Gasteiger charge is -2.26. The Labute approximate surface area is 77.1 Å². The fraction of sp³-hybridized carbons (Fsp3) is 0.667. The molecule has 1 heterocycles.